The normalized spacial score (nSPS) is 10.3. The zero-order chi connectivity index (χ0) is 15.0. The molecule has 0 unspecified atom stereocenters. The Morgan fingerprint density at radius 2 is 2.30 bits per heavy atom. The fraction of sp³-hybridized carbons (Fsp3) is 0.231. The van der Waals surface area contributed by atoms with Crippen LogP contribution in [0.1, 0.15) is 12.5 Å². The van der Waals surface area contributed by atoms with E-state index in [1.54, 1.807) is 18.2 Å². The molecule has 0 bridgehead atoms. The molecule has 20 heavy (non-hydrogen) atoms. The molecule has 1 rings (SSSR count). The number of nitrogens with two attached hydrogens (primary N) is 1. The van der Waals surface area contributed by atoms with Gasteiger partial charge in [0.1, 0.15) is 6.61 Å². The van der Waals surface area contributed by atoms with Gasteiger partial charge in [-0.05, 0) is 24.6 Å². The topological polar surface area (TPSA) is 85.9 Å². The van der Waals surface area contributed by atoms with E-state index in [0.717, 1.165) is 0 Å². The Morgan fingerprint density at radius 1 is 1.55 bits per heavy atom. The lowest BCUT2D eigenvalue weighted by molar-refractivity contribution is 0.249. The molecular formula is C13H16ClN3O3. The Morgan fingerprint density at radius 3 is 2.90 bits per heavy atom. The van der Waals surface area contributed by atoms with E-state index in [1.807, 2.05) is 6.92 Å². The third kappa shape index (κ3) is 4.81. The molecule has 0 saturated heterocycles. The molecule has 7 heteroatoms. The van der Waals surface area contributed by atoms with Crippen LogP contribution in [0.2, 0.25) is 5.02 Å². The minimum Gasteiger partial charge on any atom is -0.490 e. The fourth-order valence-corrected chi connectivity index (χ4v) is 1.65. The highest BCUT2D eigenvalue weighted by molar-refractivity contribution is 6.32. The fourth-order valence-electron chi connectivity index (χ4n) is 1.38. The molecule has 0 aliphatic heterocycles. The summed E-state index contributed by atoms with van der Waals surface area (Å²) in [4.78, 5) is 10.5. The lowest BCUT2D eigenvalue weighted by Crippen LogP contribution is -2.24. The summed E-state index contributed by atoms with van der Waals surface area (Å²) in [6.45, 7) is 6.20. The van der Waals surface area contributed by atoms with Crippen molar-refractivity contribution < 1.29 is 14.3 Å². The SMILES string of the molecule is C=CCOc1c(Cl)cc(/C=N/NC(N)=O)cc1OCC. The molecule has 0 heterocycles. The first-order valence-corrected chi connectivity index (χ1v) is 6.24. The summed E-state index contributed by atoms with van der Waals surface area (Å²) in [6.07, 6.45) is 3.01. The van der Waals surface area contributed by atoms with E-state index < -0.39 is 6.03 Å². The molecule has 0 atom stereocenters. The number of carbonyl (C=O) groups excluding carboxylic acids is 1. The van der Waals surface area contributed by atoms with Gasteiger partial charge in [0.05, 0.1) is 17.8 Å². The number of urea groups is 1. The number of carbonyl (C=O) groups is 1. The van der Waals surface area contributed by atoms with Crippen LogP contribution in [0.25, 0.3) is 0 Å². The van der Waals surface area contributed by atoms with Crippen molar-refractivity contribution in [1.82, 2.24) is 5.43 Å². The summed E-state index contributed by atoms with van der Waals surface area (Å²) >= 11 is 6.13. The highest BCUT2D eigenvalue weighted by atomic mass is 35.5. The van der Waals surface area contributed by atoms with Gasteiger partial charge in [0.25, 0.3) is 0 Å². The van der Waals surface area contributed by atoms with Crippen molar-refractivity contribution in [2.45, 2.75) is 6.92 Å². The number of benzene rings is 1. The molecule has 1 aromatic rings. The number of ether oxygens (including phenoxy) is 2. The van der Waals surface area contributed by atoms with Gasteiger partial charge in [-0.15, -0.1) is 0 Å². The number of amides is 2. The van der Waals surface area contributed by atoms with Gasteiger partial charge in [0.2, 0.25) is 0 Å². The molecular weight excluding hydrogens is 282 g/mol. The lowest BCUT2D eigenvalue weighted by atomic mass is 10.2. The Kier molecular flexibility index (Phi) is 6.39. The predicted octanol–water partition coefficient (Wildman–Crippen LogP) is 2.31. The predicted molar refractivity (Wildman–Crippen MR) is 78.6 cm³/mol. The molecule has 0 spiro atoms. The van der Waals surface area contributed by atoms with Crippen LogP contribution in [-0.4, -0.2) is 25.5 Å². The first kappa shape index (κ1) is 15.8. The maximum absolute atomic E-state index is 10.5. The van der Waals surface area contributed by atoms with Crippen LogP contribution in [0.5, 0.6) is 11.5 Å². The summed E-state index contributed by atoms with van der Waals surface area (Å²) in [5.41, 5.74) is 7.63. The van der Waals surface area contributed by atoms with E-state index in [1.165, 1.54) is 6.21 Å². The highest BCUT2D eigenvalue weighted by Crippen LogP contribution is 2.36. The second-order valence-electron chi connectivity index (χ2n) is 3.60. The second-order valence-corrected chi connectivity index (χ2v) is 4.00. The Hall–Kier alpha value is -2.21. The standard InChI is InChI=1S/C13H16ClN3O3/c1-3-5-20-12-10(14)6-9(7-11(12)19-4-2)8-16-17-13(15)18/h3,6-8H,1,4-5H2,2H3,(H3,15,17,18)/b16-8+. The molecule has 3 N–H and O–H groups in total. The number of hydrogen-bond acceptors (Lipinski definition) is 4. The summed E-state index contributed by atoms with van der Waals surface area (Å²) in [7, 11) is 0. The average molecular weight is 298 g/mol. The maximum Gasteiger partial charge on any atom is 0.332 e. The quantitative estimate of drug-likeness (QED) is 0.460. The number of nitrogens with zero attached hydrogens (tertiary/aromatic N) is 1. The summed E-state index contributed by atoms with van der Waals surface area (Å²) in [5.74, 6) is 0.927. The molecule has 108 valence electrons. The second kappa shape index (κ2) is 8.06. The zero-order valence-corrected chi connectivity index (χ0v) is 11.8. The number of nitrogens with one attached hydrogen (secondary N) is 1. The molecule has 0 fully saturated rings. The average Bonchev–Trinajstić information content (AvgIpc) is 2.38. The number of hydrogen-bond donors (Lipinski definition) is 2. The van der Waals surface area contributed by atoms with Gasteiger partial charge in [-0.25, -0.2) is 10.2 Å². The van der Waals surface area contributed by atoms with Crippen LogP contribution >= 0.6 is 11.6 Å². The lowest BCUT2D eigenvalue weighted by Gasteiger charge is -2.13. The van der Waals surface area contributed by atoms with Crippen molar-refractivity contribution in [3.8, 4) is 11.5 Å². The van der Waals surface area contributed by atoms with Gasteiger partial charge in [-0.2, -0.15) is 5.10 Å². The van der Waals surface area contributed by atoms with Crippen LogP contribution in [-0.2, 0) is 0 Å². The maximum atomic E-state index is 10.5. The van der Waals surface area contributed by atoms with Gasteiger partial charge in [-0.3, -0.25) is 0 Å². The van der Waals surface area contributed by atoms with Gasteiger partial charge >= 0.3 is 6.03 Å². The van der Waals surface area contributed by atoms with Crippen molar-refractivity contribution in [1.29, 1.82) is 0 Å². The van der Waals surface area contributed by atoms with Gasteiger partial charge < -0.3 is 15.2 Å². The van der Waals surface area contributed by atoms with Gasteiger partial charge in [-0.1, -0.05) is 24.3 Å². The van der Waals surface area contributed by atoms with Crippen molar-refractivity contribution in [3.05, 3.63) is 35.4 Å². The monoisotopic (exact) mass is 297 g/mol. The van der Waals surface area contributed by atoms with Gasteiger partial charge in [0, 0.05) is 0 Å². The number of primary amides is 1. The van der Waals surface area contributed by atoms with E-state index >= 15 is 0 Å². The minimum atomic E-state index is -0.747. The summed E-state index contributed by atoms with van der Waals surface area (Å²) < 4.78 is 10.9. The van der Waals surface area contributed by atoms with E-state index in [9.17, 15) is 4.79 Å². The third-order valence-corrected chi connectivity index (χ3v) is 2.35. The van der Waals surface area contributed by atoms with Crippen molar-refractivity contribution in [2.75, 3.05) is 13.2 Å². The Bertz CT molecular complexity index is 518. The zero-order valence-electron chi connectivity index (χ0n) is 11.1. The van der Waals surface area contributed by atoms with Crippen molar-refractivity contribution in [2.24, 2.45) is 10.8 Å². The molecule has 1 aromatic carbocycles. The molecule has 0 aliphatic carbocycles. The minimum absolute atomic E-state index is 0.316. The van der Waals surface area contributed by atoms with Crippen molar-refractivity contribution >= 4 is 23.8 Å². The summed E-state index contributed by atoms with van der Waals surface area (Å²) in [5, 5.41) is 4.03. The Balaban J connectivity index is 3.02. The van der Waals surface area contributed by atoms with Crippen LogP contribution in [0.15, 0.2) is 29.9 Å². The van der Waals surface area contributed by atoms with E-state index in [0.29, 0.717) is 35.3 Å². The van der Waals surface area contributed by atoms with Crippen LogP contribution in [0.3, 0.4) is 0 Å². The van der Waals surface area contributed by atoms with E-state index in [4.69, 9.17) is 26.8 Å². The number of rotatable bonds is 7. The summed E-state index contributed by atoms with van der Waals surface area (Å²) in [6, 6.07) is 2.58. The first-order valence-electron chi connectivity index (χ1n) is 5.87. The molecule has 2 amide bonds. The smallest absolute Gasteiger partial charge is 0.332 e. The molecule has 0 aromatic heterocycles. The molecule has 6 nitrogen and oxygen atoms in total. The van der Waals surface area contributed by atoms with E-state index in [-0.39, 0.29) is 0 Å². The molecule has 0 saturated carbocycles. The largest absolute Gasteiger partial charge is 0.490 e. The van der Waals surface area contributed by atoms with E-state index in [2.05, 4.69) is 17.1 Å². The number of halogens is 1. The van der Waals surface area contributed by atoms with Crippen LogP contribution < -0.4 is 20.6 Å². The first-order chi connectivity index (χ1) is 9.58. The van der Waals surface area contributed by atoms with Crippen LogP contribution in [0, 0.1) is 0 Å². The van der Waals surface area contributed by atoms with Crippen LogP contribution in [0.4, 0.5) is 4.79 Å². The number of hydrazone groups is 1. The molecule has 0 aliphatic rings. The Labute approximate surface area is 122 Å². The molecule has 0 radical (unpaired) electrons. The van der Waals surface area contributed by atoms with Crippen molar-refractivity contribution in [3.63, 3.8) is 0 Å². The van der Waals surface area contributed by atoms with Gasteiger partial charge in [0.15, 0.2) is 11.5 Å². The third-order valence-electron chi connectivity index (χ3n) is 2.07. The highest BCUT2D eigenvalue weighted by Gasteiger charge is 2.11.